The number of amides is 2. The quantitative estimate of drug-likeness (QED) is 0.819. The molecule has 1 heterocycles. The molecule has 1 aliphatic heterocycles. The smallest absolute Gasteiger partial charge is 0.416 e. The first-order valence-corrected chi connectivity index (χ1v) is 9.11. The van der Waals surface area contributed by atoms with Crippen molar-refractivity contribution < 1.29 is 27.5 Å². The Morgan fingerprint density at radius 1 is 1.14 bits per heavy atom. The number of nitrogens with one attached hydrogen (secondary N) is 1. The molecular formula is C21H21F3N2O3. The number of benzene rings is 2. The Morgan fingerprint density at radius 2 is 1.86 bits per heavy atom. The number of halogens is 3. The van der Waals surface area contributed by atoms with Gasteiger partial charge in [0.15, 0.2) is 5.60 Å². The van der Waals surface area contributed by atoms with Crippen LogP contribution in [0.5, 0.6) is 5.75 Å². The maximum atomic E-state index is 12.8. The predicted octanol–water partition coefficient (Wildman–Crippen LogP) is 3.92. The molecule has 2 aromatic rings. The van der Waals surface area contributed by atoms with Crippen molar-refractivity contribution in [2.75, 3.05) is 11.4 Å². The highest BCUT2D eigenvalue weighted by Crippen LogP contribution is 2.37. The molecule has 0 aliphatic carbocycles. The Labute approximate surface area is 166 Å². The average Bonchev–Trinajstić information content (AvgIpc) is 2.66. The van der Waals surface area contributed by atoms with E-state index in [4.69, 9.17) is 4.74 Å². The number of para-hydroxylation sites is 2. The molecule has 29 heavy (non-hydrogen) atoms. The summed E-state index contributed by atoms with van der Waals surface area (Å²) in [5, 5.41) is 2.60. The molecule has 0 aromatic heterocycles. The zero-order valence-corrected chi connectivity index (χ0v) is 16.0. The van der Waals surface area contributed by atoms with Crippen molar-refractivity contribution >= 4 is 17.5 Å². The van der Waals surface area contributed by atoms with E-state index in [0.717, 1.165) is 12.1 Å². The monoisotopic (exact) mass is 406 g/mol. The lowest BCUT2D eigenvalue weighted by Gasteiger charge is -2.38. The number of hydrogen-bond acceptors (Lipinski definition) is 3. The summed E-state index contributed by atoms with van der Waals surface area (Å²) in [6, 6.07) is 11.9. The summed E-state index contributed by atoms with van der Waals surface area (Å²) in [6.45, 7) is 3.43. The standard InChI is InChI=1S/C21H21F3N2O3/c1-20(2)19(28)26(16-8-3-4-9-17(16)29-20)11-10-18(27)25-13-14-6-5-7-15(12-14)21(22,23)24/h3-9,12H,10-11,13H2,1-2H3,(H,25,27). The summed E-state index contributed by atoms with van der Waals surface area (Å²) in [5.74, 6) is -0.0691. The minimum absolute atomic E-state index is 0.00904. The molecule has 0 saturated heterocycles. The van der Waals surface area contributed by atoms with Crippen LogP contribution in [0.2, 0.25) is 0 Å². The van der Waals surface area contributed by atoms with Crippen LogP contribution in [0.4, 0.5) is 18.9 Å². The van der Waals surface area contributed by atoms with Gasteiger partial charge in [0, 0.05) is 19.5 Å². The number of ether oxygens (including phenoxy) is 1. The minimum Gasteiger partial charge on any atom is -0.476 e. The summed E-state index contributed by atoms with van der Waals surface area (Å²) in [7, 11) is 0. The topological polar surface area (TPSA) is 58.6 Å². The number of hydrogen-bond donors (Lipinski definition) is 1. The van der Waals surface area contributed by atoms with Crippen LogP contribution in [-0.4, -0.2) is 24.0 Å². The molecule has 8 heteroatoms. The average molecular weight is 406 g/mol. The van der Waals surface area contributed by atoms with Crippen LogP contribution >= 0.6 is 0 Å². The SMILES string of the molecule is CC1(C)Oc2ccccc2N(CCC(=O)NCc2cccc(C(F)(F)F)c2)C1=O. The lowest BCUT2D eigenvalue weighted by molar-refractivity contribution is -0.137. The van der Waals surface area contributed by atoms with Crippen LogP contribution in [-0.2, 0) is 22.3 Å². The molecule has 0 fully saturated rings. The van der Waals surface area contributed by atoms with Crippen LogP contribution in [0.1, 0.15) is 31.4 Å². The molecule has 0 atom stereocenters. The van der Waals surface area contributed by atoms with Crippen LogP contribution in [0.25, 0.3) is 0 Å². The summed E-state index contributed by atoms with van der Waals surface area (Å²) in [6.07, 6.45) is -4.42. The molecule has 3 rings (SSSR count). The van der Waals surface area contributed by atoms with Crippen LogP contribution in [0, 0.1) is 0 Å². The molecule has 0 radical (unpaired) electrons. The van der Waals surface area contributed by atoms with Gasteiger partial charge in [-0.15, -0.1) is 0 Å². The first-order valence-electron chi connectivity index (χ1n) is 9.11. The van der Waals surface area contributed by atoms with Gasteiger partial charge < -0.3 is 15.0 Å². The Morgan fingerprint density at radius 3 is 2.59 bits per heavy atom. The fourth-order valence-corrected chi connectivity index (χ4v) is 3.10. The van der Waals surface area contributed by atoms with Crippen LogP contribution < -0.4 is 15.0 Å². The number of anilines is 1. The largest absolute Gasteiger partial charge is 0.476 e. The van der Waals surface area contributed by atoms with Gasteiger partial charge in [0.05, 0.1) is 11.3 Å². The normalized spacial score (nSPS) is 15.5. The van der Waals surface area contributed by atoms with Gasteiger partial charge in [0.2, 0.25) is 5.91 Å². The third-order valence-corrected chi connectivity index (χ3v) is 4.59. The number of carbonyl (C=O) groups is 2. The number of alkyl halides is 3. The molecule has 2 amide bonds. The van der Waals surface area contributed by atoms with E-state index in [0.29, 0.717) is 17.0 Å². The predicted molar refractivity (Wildman–Crippen MR) is 101 cm³/mol. The van der Waals surface area contributed by atoms with Crippen molar-refractivity contribution in [3.63, 3.8) is 0 Å². The summed E-state index contributed by atoms with van der Waals surface area (Å²) in [5.41, 5.74) is -0.880. The van der Waals surface area contributed by atoms with Crippen molar-refractivity contribution in [1.29, 1.82) is 0 Å². The Kier molecular flexibility index (Phi) is 5.55. The van der Waals surface area contributed by atoms with Gasteiger partial charge in [-0.05, 0) is 43.7 Å². The molecule has 1 N–H and O–H groups in total. The van der Waals surface area contributed by atoms with Gasteiger partial charge >= 0.3 is 6.18 Å². The van der Waals surface area contributed by atoms with E-state index < -0.39 is 17.3 Å². The second-order valence-corrected chi connectivity index (χ2v) is 7.26. The van der Waals surface area contributed by atoms with E-state index in [9.17, 15) is 22.8 Å². The highest BCUT2D eigenvalue weighted by molar-refractivity contribution is 6.02. The number of fused-ring (bicyclic) bond motifs is 1. The molecule has 0 saturated carbocycles. The van der Waals surface area contributed by atoms with E-state index in [-0.39, 0.29) is 31.3 Å². The van der Waals surface area contributed by atoms with Gasteiger partial charge in [-0.1, -0.05) is 24.3 Å². The molecule has 0 spiro atoms. The Bertz CT molecular complexity index is 925. The van der Waals surface area contributed by atoms with Crippen molar-refractivity contribution in [3.8, 4) is 5.75 Å². The van der Waals surface area contributed by atoms with Gasteiger partial charge in [0.25, 0.3) is 5.91 Å². The maximum Gasteiger partial charge on any atom is 0.416 e. The summed E-state index contributed by atoms with van der Waals surface area (Å²) >= 11 is 0. The number of carbonyl (C=O) groups excluding carboxylic acids is 2. The van der Waals surface area contributed by atoms with Crippen LogP contribution in [0.3, 0.4) is 0 Å². The van der Waals surface area contributed by atoms with Crippen molar-refractivity contribution in [2.45, 2.75) is 38.6 Å². The van der Waals surface area contributed by atoms with Crippen molar-refractivity contribution in [3.05, 3.63) is 59.7 Å². The highest BCUT2D eigenvalue weighted by atomic mass is 19.4. The van der Waals surface area contributed by atoms with E-state index in [1.165, 1.54) is 17.0 Å². The summed E-state index contributed by atoms with van der Waals surface area (Å²) < 4.78 is 44.1. The highest BCUT2D eigenvalue weighted by Gasteiger charge is 2.40. The molecule has 154 valence electrons. The van der Waals surface area contributed by atoms with E-state index in [1.807, 2.05) is 0 Å². The second kappa shape index (κ2) is 7.77. The lowest BCUT2D eigenvalue weighted by Crippen LogP contribution is -2.53. The van der Waals surface area contributed by atoms with Crippen LogP contribution in [0.15, 0.2) is 48.5 Å². The first-order chi connectivity index (χ1) is 13.6. The van der Waals surface area contributed by atoms with Gasteiger partial charge in [0.1, 0.15) is 5.75 Å². The number of rotatable bonds is 5. The molecular weight excluding hydrogens is 385 g/mol. The first kappa shape index (κ1) is 20.7. The number of nitrogens with zero attached hydrogens (tertiary/aromatic N) is 1. The molecule has 1 aliphatic rings. The third kappa shape index (κ3) is 4.70. The molecule has 0 bridgehead atoms. The minimum atomic E-state index is -4.43. The second-order valence-electron chi connectivity index (χ2n) is 7.26. The third-order valence-electron chi connectivity index (χ3n) is 4.59. The van der Waals surface area contributed by atoms with E-state index in [1.54, 1.807) is 38.1 Å². The summed E-state index contributed by atoms with van der Waals surface area (Å²) in [4.78, 5) is 26.4. The van der Waals surface area contributed by atoms with E-state index >= 15 is 0 Å². The molecule has 2 aromatic carbocycles. The Balaban J connectivity index is 1.62. The molecule has 5 nitrogen and oxygen atoms in total. The zero-order chi connectivity index (χ0) is 21.2. The van der Waals surface area contributed by atoms with Gasteiger partial charge in [-0.25, -0.2) is 0 Å². The Hall–Kier alpha value is -3.03. The van der Waals surface area contributed by atoms with Crippen molar-refractivity contribution in [1.82, 2.24) is 5.32 Å². The van der Waals surface area contributed by atoms with E-state index in [2.05, 4.69) is 5.32 Å². The maximum absolute atomic E-state index is 12.8. The van der Waals surface area contributed by atoms with Gasteiger partial charge in [-0.2, -0.15) is 13.2 Å². The zero-order valence-electron chi connectivity index (χ0n) is 16.0. The van der Waals surface area contributed by atoms with Crippen molar-refractivity contribution in [2.24, 2.45) is 0 Å². The fourth-order valence-electron chi connectivity index (χ4n) is 3.10. The van der Waals surface area contributed by atoms with Gasteiger partial charge in [-0.3, -0.25) is 9.59 Å². The molecule has 0 unspecified atom stereocenters. The lowest BCUT2D eigenvalue weighted by atomic mass is 10.0. The fraction of sp³-hybridized carbons (Fsp3) is 0.333.